The first-order valence-corrected chi connectivity index (χ1v) is 11.5. The summed E-state index contributed by atoms with van der Waals surface area (Å²) in [7, 11) is 0. The van der Waals surface area contributed by atoms with Crippen molar-refractivity contribution < 1.29 is 9.47 Å². The van der Waals surface area contributed by atoms with Gasteiger partial charge in [-0.2, -0.15) is 0 Å². The van der Waals surface area contributed by atoms with Crippen molar-refractivity contribution >= 4 is 5.82 Å². The van der Waals surface area contributed by atoms with Crippen LogP contribution in [0.1, 0.15) is 42.3 Å². The molecule has 3 N–H and O–H groups in total. The highest BCUT2D eigenvalue weighted by molar-refractivity contribution is 5.79. The lowest BCUT2D eigenvalue weighted by molar-refractivity contribution is 0.0847. The molecular weight excluding hydrogens is 400 g/mol. The van der Waals surface area contributed by atoms with E-state index in [4.69, 9.17) is 15.2 Å². The minimum absolute atomic E-state index is 0.191. The van der Waals surface area contributed by atoms with Gasteiger partial charge in [0.05, 0.1) is 12.6 Å². The van der Waals surface area contributed by atoms with Crippen LogP contribution in [0.3, 0.4) is 0 Å². The van der Waals surface area contributed by atoms with Crippen LogP contribution in [0.15, 0.2) is 55.0 Å². The summed E-state index contributed by atoms with van der Waals surface area (Å²) in [6, 6.07) is 13.1. The molecule has 166 valence electrons. The molecule has 5 rings (SSSR count). The topological polar surface area (TPSA) is 82.3 Å². The quantitative estimate of drug-likeness (QED) is 0.641. The van der Waals surface area contributed by atoms with Crippen LogP contribution in [-0.4, -0.2) is 42.9 Å². The third-order valence-electron chi connectivity index (χ3n) is 6.51. The molecule has 0 spiro atoms. The van der Waals surface area contributed by atoms with Crippen LogP contribution in [-0.2, 0) is 9.47 Å². The van der Waals surface area contributed by atoms with Gasteiger partial charge in [-0.05, 0) is 78.2 Å². The van der Waals surface area contributed by atoms with Gasteiger partial charge in [0, 0.05) is 49.5 Å². The molecular formula is C26H30N4O2. The maximum atomic E-state index is 6.22. The lowest BCUT2D eigenvalue weighted by atomic mass is 9.84. The number of nitrogen functional groups attached to an aromatic ring is 1. The van der Waals surface area contributed by atoms with E-state index in [0.29, 0.717) is 18.3 Å². The average Bonchev–Trinajstić information content (AvgIpc) is 3.15. The highest BCUT2D eigenvalue weighted by Crippen LogP contribution is 2.36. The summed E-state index contributed by atoms with van der Waals surface area (Å²) in [4.78, 5) is 8.62. The van der Waals surface area contributed by atoms with E-state index in [9.17, 15) is 0 Å². The lowest BCUT2D eigenvalue weighted by Gasteiger charge is -2.28. The van der Waals surface area contributed by atoms with Crippen molar-refractivity contribution in [3.05, 3.63) is 66.1 Å². The van der Waals surface area contributed by atoms with Crippen molar-refractivity contribution in [3.8, 4) is 22.3 Å². The molecule has 0 radical (unpaired) electrons. The Morgan fingerprint density at radius 2 is 1.72 bits per heavy atom. The number of rotatable bonds is 4. The lowest BCUT2D eigenvalue weighted by Crippen LogP contribution is -2.26. The smallest absolute Gasteiger partial charge is 0.131 e. The Kier molecular flexibility index (Phi) is 6.44. The number of nitrogens with zero attached hydrogens (tertiary/aromatic N) is 2. The Morgan fingerprint density at radius 1 is 0.875 bits per heavy atom. The predicted octanol–water partition coefficient (Wildman–Crippen LogP) is 4.34. The number of nitrogens with one attached hydrogen (secondary N) is 1. The monoisotopic (exact) mass is 430 g/mol. The van der Waals surface area contributed by atoms with E-state index in [1.807, 2.05) is 18.3 Å². The molecule has 2 saturated heterocycles. The number of hydrogen-bond acceptors (Lipinski definition) is 6. The van der Waals surface area contributed by atoms with Gasteiger partial charge in [0.2, 0.25) is 0 Å². The zero-order chi connectivity index (χ0) is 21.8. The second-order valence-corrected chi connectivity index (χ2v) is 8.56. The van der Waals surface area contributed by atoms with Crippen LogP contribution in [0.25, 0.3) is 22.3 Å². The maximum absolute atomic E-state index is 6.22. The fraction of sp³-hybridized carbons (Fsp3) is 0.385. The van der Waals surface area contributed by atoms with E-state index in [0.717, 1.165) is 67.9 Å². The molecule has 2 aromatic heterocycles. The van der Waals surface area contributed by atoms with Gasteiger partial charge >= 0.3 is 0 Å². The van der Waals surface area contributed by atoms with Crippen LogP contribution < -0.4 is 11.1 Å². The highest BCUT2D eigenvalue weighted by atomic mass is 16.5. The van der Waals surface area contributed by atoms with Crippen LogP contribution in [0.2, 0.25) is 0 Å². The van der Waals surface area contributed by atoms with E-state index in [2.05, 4.69) is 39.6 Å². The van der Waals surface area contributed by atoms with Gasteiger partial charge in [-0.25, -0.2) is 4.98 Å². The molecule has 32 heavy (non-hydrogen) atoms. The number of pyridine rings is 2. The van der Waals surface area contributed by atoms with E-state index in [1.54, 1.807) is 12.4 Å². The fourth-order valence-electron chi connectivity index (χ4n) is 4.74. The molecule has 1 aromatic carbocycles. The van der Waals surface area contributed by atoms with Gasteiger partial charge in [-0.1, -0.05) is 12.1 Å². The molecule has 0 unspecified atom stereocenters. The Labute approximate surface area is 189 Å². The van der Waals surface area contributed by atoms with Gasteiger partial charge in [0.25, 0.3) is 0 Å². The summed E-state index contributed by atoms with van der Waals surface area (Å²) in [5.41, 5.74) is 13.1. The largest absolute Gasteiger partial charge is 0.383 e. The van der Waals surface area contributed by atoms with Crippen molar-refractivity contribution in [3.63, 3.8) is 0 Å². The van der Waals surface area contributed by atoms with Gasteiger partial charge in [-0.3, -0.25) is 4.98 Å². The molecule has 2 aliphatic rings. The number of anilines is 1. The number of nitrogens with two attached hydrogens (primary N) is 1. The molecule has 0 saturated carbocycles. The minimum Gasteiger partial charge on any atom is -0.383 e. The SMILES string of the molecule is Nc1ncc(-c2ccc(C3CCOCC3)c([C@@H]3COCCCN3)c2)cc1-c1ccncc1. The molecule has 4 heterocycles. The molecule has 6 heteroatoms. The normalized spacial score (nSPS) is 20.1. The third-order valence-corrected chi connectivity index (χ3v) is 6.51. The first-order valence-electron chi connectivity index (χ1n) is 11.5. The number of benzene rings is 1. The average molecular weight is 431 g/mol. The Morgan fingerprint density at radius 3 is 2.56 bits per heavy atom. The molecule has 6 nitrogen and oxygen atoms in total. The summed E-state index contributed by atoms with van der Waals surface area (Å²) < 4.78 is 11.5. The molecule has 0 aliphatic carbocycles. The van der Waals surface area contributed by atoms with Crippen LogP contribution in [0.5, 0.6) is 0 Å². The van der Waals surface area contributed by atoms with Gasteiger partial charge in [0.15, 0.2) is 0 Å². The fourth-order valence-corrected chi connectivity index (χ4v) is 4.74. The number of ether oxygens (including phenoxy) is 2. The van der Waals surface area contributed by atoms with E-state index in [1.165, 1.54) is 11.1 Å². The second kappa shape index (κ2) is 9.77. The van der Waals surface area contributed by atoms with Gasteiger partial charge in [0.1, 0.15) is 5.82 Å². The molecule has 2 aliphatic heterocycles. The van der Waals surface area contributed by atoms with Crippen LogP contribution in [0, 0.1) is 0 Å². The third kappa shape index (κ3) is 4.53. The van der Waals surface area contributed by atoms with Crippen molar-refractivity contribution in [2.75, 3.05) is 38.7 Å². The maximum Gasteiger partial charge on any atom is 0.131 e. The zero-order valence-electron chi connectivity index (χ0n) is 18.3. The predicted molar refractivity (Wildman–Crippen MR) is 126 cm³/mol. The second-order valence-electron chi connectivity index (χ2n) is 8.56. The standard InChI is InChI=1S/C26H30N4O2/c27-26-23(18-4-9-28-10-5-18)15-21(16-30-26)20-2-3-22(19-6-12-31-13-7-19)24(14-20)25-17-32-11-1-8-29-25/h2-5,9-10,14-16,19,25,29H,1,6-8,11-13,17H2,(H2,27,30)/t25-/m0/s1. The summed E-state index contributed by atoms with van der Waals surface area (Å²) in [6.07, 6.45) is 8.59. The molecule has 2 fully saturated rings. The van der Waals surface area contributed by atoms with Crippen molar-refractivity contribution in [2.45, 2.75) is 31.2 Å². The Hall–Kier alpha value is -2.80. The zero-order valence-corrected chi connectivity index (χ0v) is 18.3. The van der Waals surface area contributed by atoms with Crippen molar-refractivity contribution in [1.29, 1.82) is 0 Å². The first kappa shape index (κ1) is 21.1. The summed E-state index contributed by atoms with van der Waals surface area (Å²) >= 11 is 0. The van der Waals surface area contributed by atoms with E-state index in [-0.39, 0.29) is 6.04 Å². The van der Waals surface area contributed by atoms with Gasteiger partial charge < -0.3 is 20.5 Å². The summed E-state index contributed by atoms with van der Waals surface area (Å²) in [5.74, 6) is 1.05. The van der Waals surface area contributed by atoms with Crippen LogP contribution in [0.4, 0.5) is 5.82 Å². The van der Waals surface area contributed by atoms with Crippen molar-refractivity contribution in [1.82, 2.24) is 15.3 Å². The summed E-state index contributed by atoms with van der Waals surface area (Å²) in [5, 5.41) is 3.70. The molecule has 0 bridgehead atoms. The number of hydrogen-bond donors (Lipinski definition) is 2. The number of aromatic nitrogens is 2. The Bertz CT molecular complexity index is 1040. The minimum atomic E-state index is 0.191. The molecule has 1 atom stereocenters. The van der Waals surface area contributed by atoms with E-state index < -0.39 is 0 Å². The molecule has 3 aromatic rings. The Balaban J connectivity index is 1.55. The first-order chi connectivity index (χ1) is 15.8. The van der Waals surface area contributed by atoms with Crippen LogP contribution >= 0.6 is 0 Å². The van der Waals surface area contributed by atoms with Gasteiger partial charge in [-0.15, -0.1) is 0 Å². The highest BCUT2D eigenvalue weighted by Gasteiger charge is 2.24. The van der Waals surface area contributed by atoms with Crippen molar-refractivity contribution in [2.24, 2.45) is 0 Å². The van der Waals surface area contributed by atoms with E-state index >= 15 is 0 Å². The molecule has 0 amide bonds. The summed E-state index contributed by atoms with van der Waals surface area (Å²) in [6.45, 7) is 4.14.